The van der Waals surface area contributed by atoms with E-state index >= 15 is 0 Å². The molecule has 0 aliphatic carbocycles. The lowest BCUT2D eigenvalue weighted by Gasteiger charge is -2.10. The number of alkyl halides is 3. The number of halogens is 3. The number of hydrogen-bond acceptors (Lipinski definition) is 1. The van der Waals surface area contributed by atoms with Crippen LogP contribution >= 0.6 is 0 Å². The number of aryl methyl sites for hydroxylation is 2. The summed E-state index contributed by atoms with van der Waals surface area (Å²) in [5.74, 6) is -1.19. The Balaban J connectivity index is 2.54. The van der Waals surface area contributed by atoms with Crippen molar-refractivity contribution in [1.82, 2.24) is 0 Å². The number of aliphatic carboxylic acids is 1. The fraction of sp³-hybridized carbons (Fsp3) is 0.167. The number of benzene rings is 2. The standard InChI is InChI=1S/C18H15F3O2/c1-11-6-7-15(12(2)8-11)16(17(22)23)10-13-4-3-5-14(9-13)18(19,20)21/h3-10H,1-2H3,(H,22,23)/b16-10-. The van der Waals surface area contributed by atoms with E-state index in [2.05, 4.69) is 0 Å². The third-order valence-corrected chi connectivity index (χ3v) is 3.43. The molecule has 2 aromatic carbocycles. The van der Waals surface area contributed by atoms with Crippen molar-refractivity contribution in [3.63, 3.8) is 0 Å². The molecule has 2 nitrogen and oxygen atoms in total. The van der Waals surface area contributed by atoms with Gasteiger partial charge in [0.25, 0.3) is 0 Å². The summed E-state index contributed by atoms with van der Waals surface area (Å²) in [6.45, 7) is 3.65. The Bertz CT molecular complexity index is 774. The summed E-state index contributed by atoms with van der Waals surface area (Å²) in [6, 6.07) is 9.86. The maximum atomic E-state index is 12.8. The first-order valence-electron chi connectivity index (χ1n) is 6.88. The number of carboxylic acids is 1. The average Bonchev–Trinajstić information content (AvgIpc) is 2.44. The van der Waals surface area contributed by atoms with Gasteiger partial charge in [-0.1, -0.05) is 35.9 Å². The van der Waals surface area contributed by atoms with Gasteiger partial charge in [-0.15, -0.1) is 0 Å². The molecule has 0 fully saturated rings. The van der Waals surface area contributed by atoms with Gasteiger partial charge in [0.2, 0.25) is 0 Å². The Labute approximate surface area is 131 Å². The van der Waals surface area contributed by atoms with Crippen LogP contribution in [0.4, 0.5) is 13.2 Å². The summed E-state index contributed by atoms with van der Waals surface area (Å²) in [6.07, 6.45) is -3.21. The van der Waals surface area contributed by atoms with E-state index in [0.717, 1.165) is 23.3 Å². The zero-order valence-corrected chi connectivity index (χ0v) is 12.6. The van der Waals surface area contributed by atoms with Crippen LogP contribution in [-0.4, -0.2) is 11.1 Å². The van der Waals surface area contributed by atoms with Crippen LogP contribution in [0.3, 0.4) is 0 Å². The Hall–Kier alpha value is -2.56. The first-order chi connectivity index (χ1) is 10.7. The van der Waals surface area contributed by atoms with Crippen LogP contribution in [0.2, 0.25) is 0 Å². The molecular weight excluding hydrogens is 305 g/mol. The minimum atomic E-state index is -4.47. The van der Waals surface area contributed by atoms with Crippen LogP contribution in [0.25, 0.3) is 11.6 Å². The number of rotatable bonds is 3. The average molecular weight is 320 g/mol. The normalized spacial score (nSPS) is 12.3. The fourth-order valence-corrected chi connectivity index (χ4v) is 2.34. The Morgan fingerprint density at radius 2 is 1.78 bits per heavy atom. The third kappa shape index (κ3) is 4.00. The first-order valence-corrected chi connectivity index (χ1v) is 6.88. The van der Waals surface area contributed by atoms with E-state index in [-0.39, 0.29) is 11.1 Å². The molecule has 2 aromatic rings. The van der Waals surface area contributed by atoms with Crippen LogP contribution in [-0.2, 0) is 11.0 Å². The summed E-state index contributed by atoms with van der Waals surface area (Å²) in [7, 11) is 0. The highest BCUT2D eigenvalue weighted by atomic mass is 19.4. The Morgan fingerprint density at radius 1 is 1.09 bits per heavy atom. The smallest absolute Gasteiger partial charge is 0.416 e. The second-order valence-electron chi connectivity index (χ2n) is 5.30. The second kappa shape index (κ2) is 6.28. The molecule has 1 N–H and O–H groups in total. The first kappa shape index (κ1) is 16.8. The zero-order chi connectivity index (χ0) is 17.2. The van der Waals surface area contributed by atoms with Crippen molar-refractivity contribution in [2.75, 3.05) is 0 Å². The van der Waals surface area contributed by atoms with Gasteiger partial charge in [-0.2, -0.15) is 13.2 Å². The van der Waals surface area contributed by atoms with Crippen molar-refractivity contribution in [2.45, 2.75) is 20.0 Å². The summed E-state index contributed by atoms with van der Waals surface area (Å²) in [5, 5.41) is 9.42. The van der Waals surface area contributed by atoms with Gasteiger partial charge in [-0.05, 0) is 48.7 Å². The van der Waals surface area contributed by atoms with E-state index in [1.165, 1.54) is 18.2 Å². The van der Waals surface area contributed by atoms with Gasteiger partial charge in [-0.3, -0.25) is 0 Å². The van der Waals surface area contributed by atoms with E-state index in [1.54, 1.807) is 19.1 Å². The molecule has 120 valence electrons. The minimum Gasteiger partial charge on any atom is -0.478 e. The van der Waals surface area contributed by atoms with E-state index in [0.29, 0.717) is 5.56 Å². The molecule has 0 unspecified atom stereocenters. The van der Waals surface area contributed by atoms with Gasteiger partial charge in [0.05, 0.1) is 11.1 Å². The number of carbonyl (C=O) groups is 1. The highest BCUT2D eigenvalue weighted by Crippen LogP contribution is 2.31. The van der Waals surface area contributed by atoms with Crippen molar-refractivity contribution in [2.24, 2.45) is 0 Å². The second-order valence-corrected chi connectivity index (χ2v) is 5.30. The molecule has 0 saturated heterocycles. The molecule has 0 aliphatic rings. The van der Waals surface area contributed by atoms with Crippen LogP contribution in [0.15, 0.2) is 42.5 Å². The quantitative estimate of drug-likeness (QED) is 0.642. The van der Waals surface area contributed by atoms with Crippen LogP contribution in [0.1, 0.15) is 27.8 Å². The van der Waals surface area contributed by atoms with Gasteiger partial charge in [0.1, 0.15) is 0 Å². The largest absolute Gasteiger partial charge is 0.478 e. The van der Waals surface area contributed by atoms with Crippen molar-refractivity contribution in [1.29, 1.82) is 0 Å². The molecule has 23 heavy (non-hydrogen) atoms. The molecule has 0 aromatic heterocycles. The molecule has 0 spiro atoms. The molecule has 0 atom stereocenters. The lowest BCUT2D eigenvalue weighted by Crippen LogP contribution is -2.05. The fourth-order valence-electron chi connectivity index (χ4n) is 2.34. The van der Waals surface area contributed by atoms with E-state index < -0.39 is 17.7 Å². The van der Waals surface area contributed by atoms with Crippen LogP contribution in [0.5, 0.6) is 0 Å². The van der Waals surface area contributed by atoms with Crippen molar-refractivity contribution in [3.8, 4) is 0 Å². The van der Waals surface area contributed by atoms with E-state index in [1.807, 2.05) is 13.0 Å². The van der Waals surface area contributed by atoms with E-state index in [4.69, 9.17) is 0 Å². The topological polar surface area (TPSA) is 37.3 Å². The Kier molecular flexibility index (Phi) is 4.59. The zero-order valence-electron chi connectivity index (χ0n) is 12.6. The molecule has 0 bridgehead atoms. The van der Waals surface area contributed by atoms with Crippen LogP contribution in [0, 0.1) is 13.8 Å². The van der Waals surface area contributed by atoms with Gasteiger partial charge < -0.3 is 5.11 Å². The molecule has 2 rings (SSSR count). The predicted molar refractivity (Wildman–Crippen MR) is 82.9 cm³/mol. The molecule has 0 saturated carbocycles. The van der Waals surface area contributed by atoms with Crippen molar-refractivity contribution < 1.29 is 23.1 Å². The SMILES string of the molecule is Cc1ccc(/C(=C/c2cccc(C(F)(F)F)c2)C(=O)O)c(C)c1. The highest BCUT2D eigenvalue weighted by Gasteiger charge is 2.30. The molecule has 0 heterocycles. The summed E-state index contributed by atoms with van der Waals surface area (Å²) in [5.41, 5.74) is 1.57. The maximum Gasteiger partial charge on any atom is 0.416 e. The lowest BCUT2D eigenvalue weighted by atomic mass is 9.96. The van der Waals surface area contributed by atoms with Crippen molar-refractivity contribution in [3.05, 3.63) is 70.3 Å². The minimum absolute atomic E-state index is 0.0400. The number of carboxylic acid groups (broad SMARTS) is 1. The van der Waals surface area contributed by atoms with Gasteiger partial charge in [0, 0.05) is 0 Å². The number of hydrogen-bond donors (Lipinski definition) is 1. The van der Waals surface area contributed by atoms with Crippen LogP contribution < -0.4 is 0 Å². The molecular formula is C18H15F3O2. The Morgan fingerprint density at radius 3 is 2.35 bits per heavy atom. The van der Waals surface area contributed by atoms with Gasteiger partial charge in [-0.25, -0.2) is 4.79 Å². The molecule has 0 amide bonds. The lowest BCUT2D eigenvalue weighted by molar-refractivity contribution is -0.137. The molecule has 0 radical (unpaired) electrons. The molecule has 5 heteroatoms. The van der Waals surface area contributed by atoms with Gasteiger partial charge >= 0.3 is 12.1 Å². The monoisotopic (exact) mass is 320 g/mol. The summed E-state index contributed by atoms with van der Waals surface area (Å²) in [4.78, 5) is 11.5. The van der Waals surface area contributed by atoms with E-state index in [9.17, 15) is 23.1 Å². The highest BCUT2D eigenvalue weighted by molar-refractivity contribution is 6.21. The summed E-state index contributed by atoms with van der Waals surface area (Å²) < 4.78 is 38.3. The molecule has 0 aliphatic heterocycles. The van der Waals surface area contributed by atoms with Crippen molar-refractivity contribution >= 4 is 17.6 Å². The summed E-state index contributed by atoms with van der Waals surface area (Å²) >= 11 is 0. The third-order valence-electron chi connectivity index (χ3n) is 3.43. The van der Waals surface area contributed by atoms with Gasteiger partial charge in [0.15, 0.2) is 0 Å². The predicted octanol–water partition coefficient (Wildman–Crippen LogP) is 4.95. The maximum absolute atomic E-state index is 12.8.